The normalized spacial score (nSPS) is 16.6. The van der Waals surface area contributed by atoms with Crippen LogP contribution in [0.1, 0.15) is 47.3 Å². The van der Waals surface area contributed by atoms with E-state index < -0.39 is 18.0 Å². The molecular weight excluding hydrogens is 376 g/mol. The molecule has 0 aliphatic heterocycles. The van der Waals surface area contributed by atoms with Gasteiger partial charge in [-0.25, -0.2) is 4.79 Å². The van der Waals surface area contributed by atoms with Crippen molar-refractivity contribution < 1.29 is 19.1 Å². The summed E-state index contributed by atoms with van der Waals surface area (Å²) in [5, 5.41) is 5.36. The van der Waals surface area contributed by atoms with E-state index in [1.165, 1.54) is 28.7 Å². The molecule has 2 amide bonds. The second-order valence-corrected chi connectivity index (χ2v) is 8.34. The number of carbonyl (C=O) groups is 3. The summed E-state index contributed by atoms with van der Waals surface area (Å²) < 4.78 is 5.35. The van der Waals surface area contributed by atoms with Gasteiger partial charge in [-0.15, -0.1) is 11.3 Å². The van der Waals surface area contributed by atoms with Crippen molar-refractivity contribution in [2.24, 2.45) is 5.92 Å². The van der Waals surface area contributed by atoms with E-state index in [0.29, 0.717) is 22.2 Å². The SMILES string of the molecule is CC(=O)Nc1ccc(NC(=O)[C@@H](C)OC(=O)c2cc3c(s2)CC[C@H](C)C3)cc1. The Bertz CT molecular complexity index is 888. The summed E-state index contributed by atoms with van der Waals surface area (Å²) in [5.74, 6) is -0.402. The molecule has 0 saturated carbocycles. The smallest absolute Gasteiger partial charge is 0.349 e. The van der Waals surface area contributed by atoms with Crippen LogP contribution in [0, 0.1) is 5.92 Å². The van der Waals surface area contributed by atoms with Gasteiger partial charge < -0.3 is 15.4 Å². The molecule has 1 aromatic heterocycles. The highest BCUT2D eigenvalue weighted by atomic mass is 32.1. The molecule has 2 N–H and O–H groups in total. The van der Waals surface area contributed by atoms with Gasteiger partial charge in [0.2, 0.25) is 5.91 Å². The van der Waals surface area contributed by atoms with E-state index in [2.05, 4.69) is 17.6 Å². The molecule has 148 valence electrons. The van der Waals surface area contributed by atoms with Crippen LogP contribution >= 0.6 is 11.3 Å². The highest BCUT2D eigenvalue weighted by Gasteiger charge is 2.24. The van der Waals surface area contributed by atoms with Gasteiger partial charge >= 0.3 is 5.97 Å². The minimum Gasteiger partial charge on any atom is -0.448 e. The van der Waals surface area contributed by atoms with Crippen molar-refractivity contribution in [1.29, 1.82) is 0 Å². The maximum absolute atomic E-state index is 12.4. The van der Waals surface area contributed by atoms with Crippen LogP contribution in [-0.2, 0) is 27.2 Å². The van der Waals surface area contributed by atoms with E-state index in [1.807, 2.05) is 6.07 Å². The quantitative estimate of drug-likeness (QED) is 0.743. The molecule has 2 atom stereocenters. The number of rotatable bonds is 5. The van der Waals surface area contributed by atoms with Crippen molar-refractivity contribution in [3.05, 3.63) is 45.6 Å². The average molecular weight is 401 g/mol. The zero-order valence-corrected chi connectivity index (χ0v) is 17.0. The molecule has 1 heterocycles. The monoisotopic (exact) mass is 400 g/mol. The molecule has 1 aliphatic carbocycles. The number of thiophene rings is 1. The second kappa shape index (κ2) is 8.56. The number of carbonyl (C=O) groups excluding carboxylic acids is 3. The van der Waals surface area contributed by atoms with Gasteiger partial charge in [-0.05, 0) is 68.0 Å². The lowest BCUT2D eigenvalue weighted by Crippen LogP contribution is -2.29. The van der Waals surface area contributed by atoms with E-state index in [-0.39, 0.29) is 5.91 Å². The van der Waals surface area contributed by atoms with E-state index in [9.17, 15) is 14.4 Å². The number of fused-ring (bicyclic) bond motifs is 1. The fourth-order valence-electron chi connectivity index (χ4n) is 3.16. The summed E-state index contributed by atoms with van der Waals surface area (Å²) in [6.07, 6.45) is 2.21. The standard InChI is InChI=1S/C21H24N2O4S/c1-12-4-9-18-15(10-12)11-19(28-18)21(26)27-13(2)20(25)23-17-7-5-16(6-8-17)22-14(3)24/h5-8,11-13H,4,9-10H2,1-3H3,(H,22,24)(H,23,25)/t12-,13+/m0/s1. The molecule has 28 heavy (non-hydrogen) atoms. The molecule has 2 aromatic rings. The highest BCUT2D eigenvalue weighted by molar-refractivity contribution is 7.14. The minimum absolute atomic E-state index is 0.165. The molecule has 1 aromatic carbocycles. The Hall–Kier alpha value is -2.67. The van der Waals surface area contributed by atoms with Gasteiger partial charge in [0.25, 0.3) is 5.91 Å². The van der Waals surface area contributed by atoms with Crippen molar-refractivity contribution in [1.82, 2.24) is 0 Å². The number of aryl methyl sites for hydroxylation is 1. The molecule has 0 saturated heterocycles. The predicted molar refractivity (Wildman–Crippen MR) is 110 cm³/mol. The number of hydrogen-bond acceptors (Lipinski definition) is 5. The lowest BCUT2D eigenvalue weighted by Gasteiger charge is -2.16. The van der Waals surface area contributed by atoms with Crippen LogP contribution in [-0.4, -0.2) is 23.9 Å². The van der Waals surface area contributed by atoms with Crippen LogP contribution in [0.25, 0.3) is 0 Å². The third-order valence-electron chi connectivity index (χ3n) is 4.66. The summed E-state index contributed by atoms with van der Waals surface area (Å²) in [6, 6.07) is 8.62. The summed E-state index contributed by atoms with van der Waals surface area (Å²) >= 11 is 1.47. The van der Waals surface area contributed by atoms with Crippen molar-refractivity contribution in [3.63, 3.8) is 0 Å². The van der Waals surface area contributed by atoms with Crippen molar-refractivity contribution in [2.75, 3.05) is 10.6 Å². The summed E-state index contributed by atoms with van der Waals surface area (Å²) in [4.78, 5) is 37.6. The third-order valence-corrected chi connectivity index (χ3v) is 5.87. The van der Waals surface area contributed by atoms with Crippen molar-refractivity contribution in [3.8, 4) is 0 Å². The van der Waals surface area contributed by atoms with Crippen LogP contribution in [0.2, 0.25) is 0 Å². The van der Waals surface area contributed by atoms with Crippen LogP contribution in [0.15, 0.2) is 30.3 Å². The number of hydrogen-bond donors (Lipinski definition) is 2. The van der Waals surface area contributed by atoms with E-state index in [0.717, 1.165) is 19.3 Å². The minimum atomic E-state index is -0.916. The maximum Gasteiger partial charge on any atom is 0.349 e. The number of amides is 2. The number of esters is 1. The first-order valence-corrected chi connectivity index (χ1v) is 10.1. The second-order valence-electron chi connectivity index (χ2n) is 7.20. The van der Waals surface area contributed by atoms with Gasteiger partial charge in [0.1, 0.15) is 4.88 Å². The fraction of sp³-hybridized carbons (Fsp3) is 0.381. The van der Waals surface area contributed by atoms with Gasteiger partial charge in [-0.2, -0.15) is 0 Å². The Morgan fingerprint density at radius 3 is 2.43 bits per heavy atom. The predicted octanol–water partition coefficient (Wildman–Crippen LogP) is 4.02. The topological polar surface area (TPSA) is 84.5 Å². The van der Waals surface area contributed by atoms with Crippen LogP contribution in [0.4, 0.5) is 11.4 Å². The Labute approximate surface area is 168 Å². The van der Waals surface area contributed by atoms with Gasteiger partial charge in [0.05, 0.1) is 0 Å². The summed E-state index contributed by atoms with van der Waals surface area (Å²) in [7, 11) is 0. The van der Waals surface area contributed by atoms with Crippen LogP contribution < -0.4 is 10.6 Å². The summed E-state index contributed by atoms with van der Waals surface area (Å²) in [5.41, 5.74) is 2.43. The van der Waals surface area contributed by atoms with Gasteiger partial charge in [0.15, 0.2) is 6.10 Å². The largest absolute Gasteiger partial charge is 0.448 e. The summed E-state index contributed by atoms with van der Waals surface area (Å²) in [6.45, 7) is 5.19. The maximum atomic E-state index is 12.4. The van der Waals surface area contributed by atoms with Gasteiger partial charge in [-0.1, -0.05) is 6.92 Å². The number of anilines is 2. The van der Waals surface area contributed by atoms with Gasteiger partial charge in [0, 0.05) is 23.2 Å². The van der Waals surface area contributed by atoms with Crippen LogP contribution in [0.3, 0.4) is 0 Å². The molecule has 0 bridgehead atoms. The molecule has 1 aliphatic rings. The van der Waals surface area contributed by atoms with Crippen molar-refractivity contribution in [2.45, 2.75) is 46.1 Å². The molecule has 3 rings (SSSR count). The first-order valence-electron chi connectivity index (χ1n) is 9.33. The number of nitrogens with one attached hydrogen (secondary N) is 2. The van der Waals surface area contributed by atoms with E-state index in [1.54, 1.807) is 31.2 Å². The van der Waals surface area contributed by atoms with Crippen LogP contribution in [0.5, 0.6) is 0 Å². The lowest BCUT2D eigenvalue weighted by molar-refractivity contribution is -0.123. The Balaban J connectivity index is 1.56. The molecular formula is C21H24N2O4S. The zero-order chi connectivity index (χ0) is 20.3. The molecule has 0 fully saturated rings. The molecule has 0 spiro atoms. The number of benzene rings is 1. The third kappa shape index (κ3) is 4.98. The Kier molecular flexibility index (Phi) is 6.14. The Morgan fingerprint density at radius 2 is 1.79 bits per heavy atom. The lowest BCUT2D eigenvalue weighted by atomic mass is 9.90. The molecule has 7 heteroatoms. The highest BCUT2D eigenvalue weighted by Crippen LogP contribution is 2.32. The fourth-order valence-corrected chi connectivity index (χ4v) is 4.25. The average Bonchev–Trinajstić information content (AvgIpc) is 3.06. The first kappa shape index (κ1) is 20.1. The zero-order valence-electron chi connectivity index (χ0n) is 16.2. The van der Waals surface area contributed by atoms with E-state index in [4.69, 9.17) is 4.74 Å². The van der Waals surface area contributed by atoms with Gasteiger partial charge in [-0.3, -0.25) is 9.59 Å². The first-order chi connectivity index (χ1) is 13.3. The van der Waals surface area contributed by atoms with Crippen molar-refractivity contribution >= 4 is 40.5 Å². The Morgan fingerprint density at radius 1 is 1.14 bits per heavy atom. The molecule has 6 nitrogen and oxygen atoms in total. The van der Waals surface area contributed by atoms with E-state index >= 15 is 0 Å². The molecule has 0 unspecified atom stereocenters. The molecule has 0 radical (unpaired) electrons. The number of ether oxygens (including phenoxy) is 1.